The monoisotopic (exact) mass is 461 g/mol. The minimum Gasteiger partial charge on any atom is -0.493 e. The van der Waals surface area contributed by atoms with E-state index in [2.05, 4.69) is 10.3 Å². The second kappa shape index (κ2) is 10.2. The Hall–Kier alpha value is -1.67. The Kier molecular flexibility index (Phi) is 8.70. The molecule has 0 bridgehead atoms. The molecule has 7 heteroatoms. The first kappa shape index (κ1) is 20.4. The normalized spacial score (nSPS) is 10.7. The predicted molar refractivity (Wildman–Crippen MR) is 110 cm³/mol. The minimum absolute atomic E-state index is 0. The summed E-state index contributed by atoms with van der Waals surface area (Å²) in [4.78, 5) is 4.31. The highest BCUT2D eigenvalue weighted by atomic mass is 127. The number of anilines is 1. The first-order chi connectivity index (χ1) is 11.1. The van der Waals surface area contributed by atoms with Gasteiger partial charge in [-0.25, -0.2) is 0 Å². The van der Waals surface area contributed by atoms with Gasteiger partial charge in [0, 0.05) is 23.3 Å². The van der Waals surface area contributed by atoms with Gasteiger partial charge < -0.3 is 20.5 Å². The molecule has 0 aliphatic heterocycles. The molecule has 0 aromatic heterocycles. The number of rotatable bonds is 6. The molecule has 130 valence electrons. The number of halogens is 2. The molecule has 0 saturated carbocycles. The van der Waals surface area contributed by atoms with Crippen LogP contribution in [0.25, 0.3) is 0 Å². The first-order valence-corrected chi connectivity index (χ1v) is 7.54. The number of ether oxygens (including phenoxy) is 2. The summed E-state index contributed by atoms with van der Waals surface area (Å²) in [6, 6.07) is 13.2. The summed E-state index contributed by atoms with van der Waals surface area (Å²) in [5, 5.41) is 3.77. The van der Waals surface area contributed by atoms with Crippen LogP contribution in [-0.2, 0) is 6.42 Å². The molecule has 0 aliphatic carbocycles. The Balaban J connectivity index is 0.00000288. The Bertz CT molecular complexity index is 695. The topological polar surface area (TPSA) is 68.9 Å². The van der Waals surface area contributed by atoms with Gasteiger partial charge in [0.15, 0.2) is 17.5 Å². The zero-order chi connectivity index (χ0) is 16.7. The van der Waals surface area contributed by atoms with Crippen molar-refractivity contribution in [2.45, 2.75) is 6.42 Å². The number of hydrogen-bond donors (Lipinski definition) is 2. The highest BCUT2D eigenvalue weighted by Crippen LogP contribution is 2.29. The summed E-state index contributed by atoms with van der Waals surface area (Å²) in [6.07, 6.45) is 0.730. The van der Waals surface area contributed by atoms with Crippen LogP contribution in [0.4, 0.5) is 5.69 Å². The molecule has 5 nitrogen and oxygen atoms in total. The smallest absolute Gasteiger partial charge is 0.193 e. The molecule has 3 N–H and O–H groups in total. The number of nitrogens with one attached hydrogen (secondary N) is 1. The fourth-order valence-electron chi connectivity index (χ4n) is 2.10. The standard InChI is InChI=1S/C17H20ClN3O2.HI/c1-22-15-8-7-13(11-16(15)23-2)21-17(19)20-10-9-12-5-3-4-6-14(12)18;/h3-8,11H,9-10H2,1-2H3,(H3,19,20,21);1H. The molecule has 0 fully saturated rings. The molecule has 0 spiro atoms. The lowest BCUT2D eigenvalue weighted by molar-refractivity contribution is 0.355. The number of benzene rings is 2. The zero-order valence-corrected chi connectivity index (χ0v) is 16.7. The fourth-order valence-corrected chi connectivity index (χ4v) is 2.33. The maximum absolute atomic E-state index is 6.11. The number of aliphatic imine (C=N–C) groups is 1. The van der Waals surface area contributed by atoms with Crippen LogP contribution >= 0.6 is 35.6 Å². The van der Waals surface area contributed by atoms with E-state index in [1.807, 2.05) is 30.3 Å². The van der Waals surface area contributed by atoms with Gasteiger partial charge in [-0.15, -0.1) is 24.0 Å². The Morgan fingerprint density at radius 2 is 1.83 bits per heavy atom. The van der Waals surface area contributed by atoms with E-state index in [1.54, 1.807) is 26.4 Å². The number of methoxy groups -OCH3 is 2. The van der Waals surface area contributed by atoms with Crippen LogP contribution in [0.5, 0.6) is 11.5 Å². The van der Waals surface area contributed by atoms with Crippen molar-refractivity contribution in [2.24, 2.45) is 10.7 Å². The van der Waals surface area contributed by atoms with Crippen molar-refractivity contribution >= 4 is 47.2 Å². The molecule has 0 unspecified atom stereocenters. The third-order valence-corrected chi connectivity index (χ3v) is 3.65. The van der Waals surface area contributed by atoms with Gasteiger partial charge in [0.1, 0.15) is 0 Å². The van der Waals surface area contributed by atoms with E-state index in [0.29, 0.717) is 24.0 Å². The Morgan fingerprint density at radius 3 is 2.50 bits per heavy atom. The summed E-state index contributed by atoms with van der Waals surface area (Å²) in [6.45, 7) is 0.551. The average molecular weight is 462 g/mol. The van der Waals surface area contributed by atoms with Crippen molar-refractivity contribution < 1.29 is 9.47 Å². The van der Waals surface area contributed by atoms with Crippen LogP contribution in [0.2, 0.25) is 5.02 Å². The SMILES string of the molecule is COc1ccc(NC(N)=NCCc2ccccc2Cl)cc1OC.I. The number of hydrogen-bond acceptors (Lipinski definition) is 3. The largest absolute Gasteiger partial charge is 0.493 e. The van der Waals surface area contributed by atoms with Crippen LogP contribution < -0.4 is 20.5 Å². The molecule has 2 aromatic carbocycles. The molecule has 0 saturated heterocycles. The van der Waals surface area contributed by atoms with Gasteiger partial charge in [-0.2, -0.15) is 0 Å². The summed E-state index contributed by atoms with van der Waals surface area (Å²) in [7, 11) is 3.18. The lowest BCUT2D eigenvalue weighted by Gasteiger charge is -2.11. The molecular formula is C17H21ClIN3O2. The van der Waals surface area contributed by atoms with Crippen molar-refractivity contribution in [1.29, 1.82) is 0 Å². The summed E-state index contributed by atoms with van der Waals surface area (Å²) in [5.74, 6) is 1.62. The summed E-state index contributed by atoms with van der Waals surface area (Å²) >= 11 is 6.11. The molecule has 2 rings (SSSR count). The van der Waals surface area contributed by atoms with Gasteiger partial charge in [0.2, 0.25) is 0 Å². The van der Waals surface area contributed by atoms with E-state index in [0.717, 1.165) is 22.7 Å². The summed E-state index contributed by atoms with van der Waals surface area (Å²) in [5.41, 5.74) is 7.74. The van der Waals surface area contributed by atoms with Crippen molar-refractivity contribution in [3.05, 3.63) is 53.1 Å². The van der Waals surface area contributed by atoms with Crippen molar-refractivity contribution in [2.75, 3.05) is 26.1 Å². The van der Waals surface area contributed by atoms with Crippen LogP contribution in [-0.4, -0.2) is 26.7 Å². The van der Waals surface area contributed by atoms with E-state index in [1.165, 1.54) is 0 Å². The number of nitrogens with two attached hydrogens (primary N) is 1. The Labute approximate surface area is 164 Å². The lowest BCUT2D eigenvalue weighted by Crippen LogP contribution is -2.23. The maximum Gasteiger partial charge on any atom is 0.193 e. The maximum atomic E-state index is 6.11. The zero-order valence-electron chi connectivity index (χ0n) is 13.6. The van der Waals surface area contributed by atoms with E-state index in [9.17, 15) is 0 Å². The number of guanidine groups is 1. The third kappa shape index (κ3) is 5.76. The molecule has 0 atom stereocenters. The minimum atomic E-state index is 0. The van der Waals surface area contributed by atoms with Gasteiger partial charge >= 0.3 is 0 Å². The van der Waals surface area contributed by atoms with Gasteiger partial charge in [-0.3, -0.25) is 4.99 Å². The van der Waals surface area contributed by atoms with Crippen LogP contribution in [0, 0.1) is 0 Å². The third-order valence-electron chi connectivity index (χ3n) is 3.28. The first-order valence-electron chi connectivity index (χ1n) is 7.16. The van der Waals surface area contributed by atoms with Crippen molar-refractivity contribution in [1.82, 2.24) is 0 Å². The Morgan fingerprint density at radius 1 is 1.12 bits per heavy atom. The highest BCUT2D eigenvalue weighted by molar-refractivity contribution is 14.0. The van der Waals surface area contributed by atoms with E-state index >= 15 is 0 Å². The van der Waals surface area contributed by atoms with Crippen molar-refractivity contribution in [3.63, 3.8) is 0 Å². The summed E-state index contributed by atoms with van der Waals surface area (Å²) < 4.78 is 10.4. The molecule has 0 heterocycles. The van der Waals surface area contributed by atoms with Gasteiger partial charge in [-0.1, -0.05) is 29.8 Å². The van der Waals surface area contributed by atoms with Gasteiger partial charge in [0.05, 0.1) is 14.2 Å². The van der Waals surface area contributed by atoms with Gasteiger partial charge in [-0.05, 0) is 30.2 Å². The van der Waals surface area contributed by atoms with Crippen LogP contribution in [0.3, 0.4) is 0 Å². The second-order valence-corrected chi connectivity index (χ2v) is 5.21. The van der Waals surface area contributed by atoms with Gasteiger partial charge in [0.25, 0.3) is 0 Å². The van der Waals surface area contributed by atoms with E-state index in [-0.39, 0.29) is 24.0 Å². The van der Waals surface area contributed by atoms with E-state index < -0.39 is 0 Å². The molecule has 24 heavy (non-hydrogen) atoms. The van der Waals surface area contributed by atoms with Crippen LogP contribution in [0.1, 0.15) is 5.56 Å². The average Bonchev–Trinajstić information content (AvgIpc) is 2.56. The molecular weight excluding hydrogens is 441 g/mol. The van der Waals surface area contributed by atoms with Crippen LogP contribution in [0.15, 0.2) is 47.5 Å². The predicted octanol–water partition coefficient (Wildman–Crippen LogP) is 3.94. The quantitative estimate of drug-likeness (QED) is 0.388. The van der Waals surface area contributed by atoms with E-state index in [4.69, 9.17) is 26.8 Å². The fraction of sp³-hybridized carbons (Fsp3) is 0.235. The molecule has 0 aliphatic rings. The number of nitrogens with zero attached hydrogens (tertiary/aromatic N) is 1. The molecule has 0 radical (unpaired) electrons. The molecule has 0 amide bonds. The van der Waals surface area contributed by atoms with Crippen molar-refractivity contribution in [3.8, 4) is 11.5 Å². The lowest BCUT2D eigenvalue weighted by atomic mass is 10.1. The molecule has 2 aromatic rings. The second-order valence-electron chi connectivity index (χ2n) is 4.80. The highest BCUT2D eigenvalue weighted by Gasteiger charge is 2.05.